The van der Waals surface area contributed by atoms with Gasteiger partial charge in [0.2, 0.25) is 5.91 Å². The van der Waals surface area contributed by atoms with E-state index in [4.69, 9.17) is 4.98 Å². The quantitative estimate of drug-likeness (QED) is 0.762. The molecule has 122 valence electrons. The molecule has 3 rings (SSSR count). The van der Waals surface area contributed by atoms with Gasteiger partial charge in [-0.25, -0.2) is 4.98 Å². The van der Waals surface area contributed by atoms with Gasteiger partial charge in [-0.15, -0.1) is 11.8 Å². The minimum atomic E-state index is 0.131. The number of fused-ring (bicyclic) bond motifs is 1. The molecule has 1 heterocycles. The molecule has 1 N–H and O–H groups in total. The fourth-order valence-electron chi connectivity index (χ4n) is 3.29. The predicted molar refractivity (Wildman–Crippen MR) is 98.0 cm³/mol. The Hall–Kier alpha value is -1.55. The summed E-state index contributed by atoms with van der Waals surface area (Å²) >= 11 is 1.68. The SMILES string of the molecule is CCSc1nc2ccccc2cc1NC(=O)CC1CCCCC1. The highest BCUT2D eigenvalue weighted by Gasteiger charge is 2.18. The molecular weight excluding hydrogens is 304 g/mol. The van der Waals surface area contributed by atoms with Gasteiger partial charge in [0.15, 0.2) is 0 Å². The fourth-order valence-corrected chi connectivity index (χ4v) is 3.99. The van der Waals surface area contributed by atoms with Crippen LogP contribution in [-0.4, -0.2) is 16.6 Å². The van der Waals surface area contributed by atoms with Crippen molar-refractivity contribution < 1.29 is 4.79 Å². The van der Waals surface area contributed by atoms with Crippen molar-refractivity contribution in [2.45, 2.75) is 50.5 Å². The third-order valence-corrected chi connectivity index (χ3v) is 5.32. The van der Waals surface area contributed by atoms with Gasteiger partial charge in [-0.3, -0.25) is 4.79 Å². The second-order valence-electron chi connectivity index (χ2n) is 6.22. The van der Waals surface area contributed by atoms with Crippen LogP contribution in [0.2, 0.25) is 0 Å². The number of pyridine rings is 1. The van der Waals surface area contributed by atoms with Crippen LogP contribution in [0.1, 0.15) is 45.4 Å². The lowest BCUT2D eigenvalue weighted by Gasteiger charge is -2.21. The van der Waals surface area contributed by atoms with Gasteiger partial charge in [-0.2, -0.15) is 0 Å². The van der Waals surface area contributed by atoms with Crippen molar-refractivity contribution in [3.8, 4) is 0 Å². The minimum absolute atomic E-state index is 0.131. The Bertz CT molecular complexity index is 680. The largest absolute Gasteiger partial charge is 0.324 e. The number of hydrogen-bond donors (Lipinski definition) is 1. The molecule has 23 heavy (non-hydrogen) atoms. The van der Waals surface area contributed by atoms with E-state index >= 15 is 0 Å². The third-order valence-electron chi connectivity index (χ3n) is 4.44. The molecule has 0 bridgehead atoms. The maximum absolute atomic E-state index is 12.4. The average Bonchev–Trinajstić information content (AvgIpc) is 2.56. The van der Waals surface area contributed by atoms with E-state index in [1.807, 2.05) is 24.3 Å². The van der Waals surface area contributed by atoms with E-state index < -0.39 is 0 Å². The molecule has 2 aromatic rings. The first-order valence-corrected chi connectivity index (χ1v) is 9.57. The summed E-state index contributed by atoms with van der Waals surface area (Å²) in [5.74, 6) is 1.63. The van der Waals surface area contributed by atoms with Crippen LogP contribution >= 0.6 is 11.8 Å². The molecule has 1 aliphatic rings. The number of rotatable bonds is 5. The third kappa shape index (κ3) is 4.25. The van der Waals surface area contributed by atoms with Crippen molar-refractivity contribution in [2.24, 2.45) is 5.92 Å². The summed E-state index contributed by atoms with van der Waals surface area (Å²) in [6, 6.07) is 10.1. The molecule has 4 heteroatoms. The van der Waals surface area contributed by atoms with E-state index in [2.05, 4.69) is 18.3 Å². The number of hydrogen-bond acceptors (Lipinski definition) is 3. The predicted octanol–water partition coefficient (Wildman–Crippen LogP) is 5.26. The van der Waals surface area contributed by atoms with Crippen molar-refractivity contribution in [1.82, 2.24) is 4.98 Å². The van der Waals surface area contributed by atoms with Gasteiger partial charge >= 0.3 is 0 Å². The van der Waals surface area contributed by atoms with Crippen LogP contribution in [0.3, 0.4) is 0 Å². The van der Waals surface area contributed by atoms with Gasteiger partial charge in [-0.05, 0) is 36.6 Å². The molecule has 0 radical (unpaired) electrons. The Morgan fingerprint density at radius 2 is 2.04 bits per heavy atom. The second-order valence-corrected chi connectivity index (χ2v) is 7.48. The van der Waals surface area contributed by atoms with Crippen molar-refractivity contribution in [1.29, 1.82) is 0 Å². The Kier molecular flexibility index (Phi) is 5.55. The maximum Gasteiger partial charge on any atom is 0.224 e. The zero-order chi connectivity index (χ0) is 16.1. The monoisotopic (exact) mass is 328 g/mol. The molecule has 0 atom stereocenters. The fraction of sp³-hybridized carbons (Fsp3) is 0.474. The number of benzene rings is 1. The van der Waals surface area contributed by atoms with Crippen LogP contribution in [0.15, 0.2) is 35.4 Å². The molecule has 1 aliphatic carbocycles. The van der Waals surface area contributed by atoms with Crippen LogP contribution in [-0.2, 0) is 4.79 Å². The molecule has 3 nitrogen and oxygen atoms in total. The lowest BCUT2D eigenvalue weighted by molar-refractivity contribution is -0.117. The van der Waals surface area contributed by atoms with Gasteiger partial charge in [-0.1, -0.05) is 44.4 Å². The Morgan fingerprint density at radius 1 is 1.26 bits per heavy atom. The molecule has 1 aromatic carbocycles. The Morgan fingerprint density at radius 3 is 2.83 bits per heavy atom. The lowest BCUT2D eigenvalue weighted by atomic mass is 9.87. The highest BCUT2D eigenvalue weighted by molar-refractivity contribution is 7.99. The molecule has 0 saturated heterocycles. The van der Waals surface area contributed by atoms with Gasteiger partial charge in [0.1, 0.15) is 5.03 Å². The second kappa shape index (κ2) is 7.82. The minimum Gasteiger partial charge on any atom is -0.324 e. The van der Waals surface area contributed by atoms with Crippen LogP contribution in [0.25, 0.3) is 10.9 Å². The number of amides is 1. The van der Waals surface area contributed by atoms with Gasteiger partial charge in [0, 0.05) is 11.8 Å². The zero-order valence-electron chi connectivity index (χ0n) is 13.7. The summed E-state index contributed by atoms with van der Waals surface area (Å²) in [4.78, 5) is 17.1. The first kappa shape index (κ1) is 16.3. The lowest BCUT2D eigenvalue weighted by Crippen LogP contribution is -2.18. The zero-order valence-corrected chi connectivity index (χ0v) is 14.5. The molecule has 0 unspecified atom stereocenters. The summed E-state index contributed by atoms with van der Waals surface area (Å²) in [5.41, 5.74) is 1.84. The van der Waals surface area contributed by atoms with Gasteiger partial charge in [0.25, 0.3) is 0 Å². The van der Waals surface area contributed by atoms with E-state index in [0.717, 1.165) is 27.4 Å². The molecule has 1 aromatic heterocycles. The Labute approximate surface area is 142 Å². The number of carbonyl (C=O) groups is 1. The van der Waals surface area contributed by atoms with Crippen molar-refractivity contribution in [2.75, 3.05) is 11.1 Å². The van der Waals surface area contributed by atoms with Crippen LogP contribution in [0.4, 0.5) is 5.69 Å². The number of nitrogens with zero attached hydrogens (tertiary/aromatic N) is 1. The highest BCUT2D eigenvalue weighted by Crippen LogP contribution is 2.30. The van der Waals surface area contributed by atoms with Crippen LogP contribution in [0.5, 0.6) is 0 Å². The average molecular weight is 328 g/mol. The van der Waals surface area contributed by atoms with Crippen molar-refractivity contribution in [3.05, 3.63) is 30.3 Å². The molecule has 0 aliphatic heterocycles. The normalized spacial score (nSPS) is 15.7. The maximum atomic E-state index is 12.4. The van der Waals surface area contributed by atoms with E-state index in [-0.39, 0.29) is 5.91 Å². The number of carbonyl (C=O) groups excluding carboxylic acids is 1. The summed E-state index contributed by atoms with van der Waals surface area (Å²) < 4.78 is 0. The smallest absolute Gasteiger partial charge is 0.224 e. The Balaban J connectivity index is 1.76. The number of thioether (sulfide) groups is 1. The summed E-state index contributed by atoms with van der Waals surface area (Å²) in [6.07, 6.45) is 6.89. The van der Waals surface area contributed by atoms with E-state index in [1.54, 1.807) is 11.8 Å². The molecule has 1 saturated carbocycles. The number of nitrogens with one attached hydrogen (secondary N) is 1. The van der Waals surface area contributed by atoms with Crippen LogP contribution < -0.4 is 5.32 Å². The van der Waals surface area contributed by atoms with Crippen molar-refractivity contribution >= 4 is 34.3 Å². The molecule has 0 spiro atoms. The van der Waals surface area contributed by atoms with E-state index in [9.17, 15) is 4.79 Å². The molecule has 1 amide bonds. The first-order valence-electron chi connectivity index (χ1n) is 8.58. The topological polar surface area (TPSA) is 42.0 Å². The van der Waals surface area contributed by atoms with Crippen molar-refractivity contribution in [3.63, 3.8) is 0 Å². The standard InChI is InChI=1S/C19H24N2OS/c1-2-23-19-17(13-15-10-6-7-11-16(15)21-19)20-18(22)12-14-8-4-3-5-9-14/h6-7,10-11,13-14H,2-5,8-9,12H2,1H3,(H,20,22). The first-order chi connectivity index (χ1) is 11.3. The molecule has 1 fully saturated rings. The highest BCUT2D eigenvalue weighted by atomic mass is 32.2. The van der Waals surface area contributed by atoms with Crippen LogP contribution in [0, 0.1) is 5.92 Å². The van der Waals surface area contributed by atoms with E-state index in [1.165, 1.54) is 32.1 Å². The number of aromatic nitrogens is 1. The summed E-state index contributed by atoms with van der Waals surface area (Å²) in [5, 5.41) is 5.10. The summed E-state index contributed by atoms with van der Waals surface area (Å²) in [6.45, 7) is 2.11. The molecular formula is C19H24N2OS. The number of para-hydroxylation sites is 1. The number of anilines is 1. The van der Waals surface area contributed by atoms with E-state index in [0.29, 0.717) is 12.3 Å². The van der Waals surface area contributed by atoms with Gasteiger partial charge < -0.3 is 5.32 Å². The van der Waals surface area contributed by atoms with Gasteiger partial charge in [0.05, 0.1) is 11.2 Å². The summed E-state index contributed by atoms with van der Waals surface area (Å²) in [7, 11) is 0.